The van der Waals surface area contributed by atoms with Crippen LogP contribution in [0.2, 0.25) is 0 Å². The van der Waals surface area contributed by atoms with Crippen LogP contribution in [0.4, 0.5) is 0 Å². The van der Waals surface area contributed by atoms with Gasteiger partial charge in [0.1, 0.15) is 0 Å². The van der Waals surface area contributed by atoms with Gasteiger partial charge in [-0.15, -0.1) is 0 Å². The molecule has 0 aromatic carbocycles. The number of hydrogen-bond donors (Lipinski definition) is 0. The van der Waals surface area contributed by atoms with Gasteiger partial charge in [-0.1, -0.05) is 79.1 Å². The zero-order chi connectivity index (χ0) is 12.0. The first-order valence-electron chi connectivity index (χ1n) is 7.58. The number of rotatable bonds is 0. The summed E-state index contributed by atoms with van der Waals surface area (Å²) >= 11 is 0. The molecule has 0 aliphatic heterocycles. The van der Waals surface area contributed by atoms with Crippen LogP contribution < -0.4 is 0 Å². The van der Waals surface area contributed by atoms with E-state index in [2.05, 4.69) is 27.7 Å². The molecule has 2 aliphatic carbocycles. The van der Waals surface area contributed by atoms with Gasteiger partial charge in [0.05, 0.1) is 0 Å². The minimum Gasteiger partial charge on any atom is -0.0625 e. The molecule has 2 fully saturated rings. The van der Waals surface area contributed by atoms with E-state index in [4.69, 9.17) is 0 Å². The standard InChI is InChI=1S/2C8H16/c2*1-7-3-5-8(2)6-4-7/h2*7-8H,3-6H2,1-2H3. The maximum Gasteiger partial charge on any atom is -0.0443 e. The maximum absolute atomic E-state index is 2.37. The van der Waals surface area contributed by atoms with Crippen LogP contribution in [-0.2, 0) is 0 Å². The molecule has 2 aliphatic rings. The van der Waals surface area contributed by atoms with Crippen molar-refractivity contribution < 1.29 is 0 Å². The van der Waals surface area contributed by atoms with Crippen LogP contribution in [0.15, 0.2) is 0 Å². The second-order valence-electron chi connectivity index (χ2n) is 6.73. The summed E-state index contributed by atoms with van der Waals surface area (Å²) in [5, 5.41) is 0. The van der Waals surface area contributed by atoms with Gasteiger partial charge in [-0.05, 0) is 23.7 Å². The fraction of sp³-hybridized carbons (Fsp3) is 1.00. The molecule has 0 heteroatoms. The molecular weight excluding hydrogens is 192 g/mol. The summed E-state index contributed by atoms with van der Waals surface area (Å²) in [6, 6.07) is 0. The Hall–Kier alpha value is 0. The average Bonchev–Trinajstić information content (AvgIpc) is 2.28. The molecule has 0 amide bonds. The van der Waals surface area contributed by atoms with Gasteiger partial charge in [0, 0.05) is 0 Å². The summed E-state index contributed by atoms with van der Waals surface area (Å²) in [5.74, 6) is 4.08. The zero-order valence-corrected chi connectivity index (χ0v) is 12.0. The van der Waals surface area contributed by atoms with Gasteiger partial charge >= 0.3 is 0 Å². The summed E-state index contributed by atoms with van der Waals surface area (Å²) in [5.41, 5.74) is 0. The van der Waals surface area contributed by atoms with Gasteiger partial charge in [-0.25, -0.2) is 0 Å². The Balaban J connectivity index is 0.000000160. The fourth-order valence-electron chi connectivity index (χ4n) is 2.85. The lowest BCUT2D eigenvalue weighted by Gasteiger charge is -2.22. The minimum absolute atomic E-state index is 1.02. The van der Waals surface area contributed by atoms with Crippen LogP contribution in [0.1, 0.15) is 79.1 Å². The summed E-state index contributed by atoms with van der Waals surface area (Å²) in [7, 11) is 0. The Bertz CT molecular complexity index is 117. The van der Waals surface area contributed by atoms with Crippen LogP contribution in [0, 0.1) is 23.7 Å². The highest BCUT2D eigenvalue weighted by molar-refractivity contribution is 4.66. The minimum atomic E-state index is 1.02. The molecule has 0 atom stereocenters. The van der Waals surface area contributed by atoms with Crippen molar-refractivity contribution in [3.63, 3.8) is 0 Å². The van der Waals surface area contributed by atoms with E-state index in [1.54, 1.807) is 0 Å². The Morgan fingerprint density at radius 2 is 0.500 bits per heavy atom. The maximum atomic E-state index is 2.37. The Labute approximate surface area is 103 Å². The predicted molar refractivity (Wildman–Crippen MR) is 73.6 cm³/mol. The predicted octanol–water partition coefficient (Wildman–Crippen LogP) is 5.67. The molecule has 0 aromatic rings. The molecule has 16 heavy (non-hydrogen) atoms. The molecule has 0 aromatic heterocycles. The summed E-state index contributed by atoms with van der Waals surface area (Å²) in [6.45, 7) is 9.47. The van der Waals surface area contributed by atoms with Crippen LogP contribution >= 0.6 is 0 Å². The highest BCUT2D eigenvalue weighted by Crippen LogP contribution is 2.27. The molecule has 0 saturated heterocycles. The Kier molecular flexibility index (Phi) is 6.46. The molecule has 0 N–H and O–H groups in total. The highest BCUT2D eigenvalue weighted by Gasteiger charge is 2.13. The molecule has 0 radical (unpaired) electrons. The lowest BCUT2D eigenvalue weighted by atomic mass is 9.84. The van der Waals surface area contributed by atoms with Crippen LogP contribution in [-0.4, -0.2) is 0 Å². The van der Waals surface area contributed by atoms with Crippen molar-refractivity contribution in [2.24, 2.45) is 23.7 Å². The quantitative estimate of drug-likeness (QED) is 0.497. The Morgan fingerprint density at radius 1 is 0.375 bits per heavy atom. The van der Waals surface area contributed by atoms with Gasteiger partial charge in [0.25, 0.3) is 0 Å². The van der Waals surface area contributed by atoms with Crippen molar-refractivity contribution in [1.29, 1.82) is 0 Å². The van der Waals surface area contributed by atoms with E-state index in [9.17, 15) is 0 Å². The van der Waals surface area contributed by atoms with E-state index in [1.807, 2.05) is 0 Å². The molecule has 0 heterocycles. The van der Waals surface area contributed by atoms with Gasteiger partial charge in [-0.3, -0.25) is 0 Å². The van der Waals surface area contributed by atoms with E-state index < -0.39 is 0 Å². The van der Waals surface area contributed by atoms with E-state index in [0.29, 0.717) is 0 Å². The van der Waals surface area contributed by atoms with Gasteiger partial charge in [-0.2, -0.15) is 0 Å². The average molecular weight is 224 g/mol. The monoisotopic (exact) mass is 224 g/mol. The number of hydrogen-bond acceptors (Lipinski definition) is 0. The molecule has 0 bridgehead atoms. The molecular formula is C16H32. The summed E-state index contributed by atoms with van der Waals surface area (Å²) in [4.78, 5) is 0. The van der Waals surface area contributed by atoms with E-state index >= 15 is 0 Å². The topological polar surface area (TPSA) is 0 Å². The second-order valence-corrected chi connectivity index (χ2v) is 6.73. The van der Waals surface area contributed by atoms with Crippen LogP contribution in [0.25, 0.3) is 0 Å². The normalized spacial score (nSPS) is 39.8. The molecule has 0 spiro atoms. The first-order chi connectivity index (χ1) is 7.58. The van der Waals surface area contributed by atoms with E-state index in [0.717, 1.165) is 23.7 Å². The highest BCUT2D eigenvalue weighted by atomic mass is 14.2. The van der Waals surface area contributed by atoms with Crippen LogP contribution in [0.5, 0.6) is 0 Å². The van der Waals surface area contributed by atoms with Gasteiger partial charge < -0.3 is 0 Å². The SMILES string of the molecule is CC1CCC(C)CC1.CC1CCC(C)CC1. The molecule has 2 saturated carbocycles. The van der Waals surface area contributed by atoms with Crippen molar-refractivity contribution in [3.8, 4) is 0 Å². The van der Waals surface area contributed by atoms with Crippen molar-refractivity contribution in [3.05, 3.63) is 0 Å². The van der Waals surface area contributed by atoms with Crippen LogP contribution in [0.3, 0.4) is 0 Å². The first kappa shape index (κ1) is 14.1. The molecule has 96 valence electrons. The summed E-state index contributed by atoms with van der Waals surface area (Å²) in [6.07, 6.45) is 11.8. The lowest BCUT2D eigenvalue weighted by Crippen LogP contribution is -2.08. The molecule has 0 nitrogen and oxygen atoms in total. The fourth-order valence-corrected chi connectivity index (χ4v) is 2.85. The largest absolute Gasteiger partial charge is 0.0625 e. The lowest BCUT2D eigenvalue weighted by molar-refractivity contribution is 0.308. The van der Waals surface area contributed by atoms with Gasteiger partial charge in [0.2, 0.25) is 0 Å². The van der Waals surface area contributed by atoms with Crippen molar-refractivity contribution in [2.45, 2.75) is 79.1 Å². The smallest absolute Gasteiger partial charge is 0.0443 e. The second kappa shape index (κ2) is 7.35. The molecule has 2 rings (SSSR count). The third-order valence-electron chi connectivity index (χ3n) is 4.61. The van der Waals surface area contributed by atoms with Crippen molar-refractivity contribution in [1.82, 2.24) is 0 Å². The third kappa shape index (κ3) is 5.92. The molecule has 0 unspecified atom stereocenters. The van der Waals surface area contributed by atoms with Crippen molar-refractivity contribution in [2.75, 3.05) is 0 Å². The van der Waals surface area contributed by atoms with Crippen molar-refractivity contribution >= 4 is 0 Å². The summed E-state index contributed by atoms with van der Waals surface area (Å²) < 4.78 is 0. The van der Waals surface area contributed by atoms with E-state index in [-0.39, 0.29) is 0 Å². The van der Waals surface area contributed by atoms with Gasteiger partial charge in [0.15, 0.2) is 0 Å². The Morgan fingerprint density at radius 3 is 0.625 bits per heavy atom. The zero-order valence-electron chi connectivity index (χ0n) is 12.0. The first-order valence-corrected chi connectivity index (χ1v) is 7.58. The van der Waals surface area contributed by atoms with E-state index in [1.165, 1.54) is 51.4 Å². The third-order valence-corrected chi connectivity index (χ3v) is 4.61.